The highest BCUT2D eigenvalue weighted by Gasteiger charge is 2.19. The lowest BCUT2D eigenvalue weighted by atomic mass is 10.0. The fraction of sp³-hybridized carbons (Fsp3) is 0. The second kappa shape index (κ2) is 5.18. The lowest BCUT2D eigenvalue weighted by Gasteiger charge is -2.03. The van der Waals surface area contributed by atoms with Gasteiger partial charge in [-0.3, -0.25) is 4.79 Å². The summed E-state index contributed by atoms with van der Waals surface area (Å²) in [5.74, 6) is 3.83. The van der Waals surface area contributed by atoms with Crippen LogP contribution in [0.15, 0.2) is 52.2 Å². The van der Waals surface area contributed by atoms with E-state index in [0.29, 0.717) is 5.56 Å². The Labute approximate surface area is 108 Å². The minimum absolute atomic E-state index is 0.00638. The summed E-state index contributed by atoms with van der Waals surface area (Å²) in [6.45, 7) is 0. The predicted molar refractivity (Wildman–Crippen MR) is 67.2 cm³/mol. The molecule has 0 atom stereocenters. The summed E-state index contributed by atoms with van der Waals surface area (Å²) < 4.78 is 4.98. The van der Waals surface area contributed by atoms with Gasteiger partial charge in [-0.2, -0.15) is 5.10 Å². The van der Waals surface area contributed by atoms with Gasteiger partial charge in [-0.05, 0) is 24.3 Å². The first kappa shape index (κ1) is 12.6. The molecule has 0 fully saturated rings. The minimum Gasteiger partial charge on any atom is -0.478 e. The van der Waals surface area contributed by atoms with Gasteiger partial charge in [-0.1, -0.05) is 12.1 Å². The van der Waals surface area contributed by atoms with Crippen LogP contribution in [0.5, 0.6) is 0 Å². The van der Waals surface area contributed by atoms with Crippen LogP contribution in [0.4, 0.5) is 0 Å². The second-order valence-electron chi connectivity index (χ2n) is 3.67. The molecule has 1 heterocycles. The van der Waals surface area contributed by atoms with Crippen LogP contribution in [0.3, 0.4) is 0 Å². The number of furan rings is 1. The van der Waals surface area contributed by atoms with Gasteiger partial charge in [0.1, 0.15) is 5.71 Å². The maximum Gasteiger partial charge on any atom is 0.335 e. The Kier molecular flexibility index (Phi) is 3.42. The number of benzene rings is 1. The average molecular weight is 258 g/mol. The number of carboxylic acids is 1. The number of rotatable bonds is 4. The molecule has 0 aliphatic carbocycles. The van der Waals surface area contributed by atoms with E-state index in [2.05, 4.69) is 5.10 Å². The van der Waals surface area contributed by atoms with Gasteiger partial charge in [0, 0.05) is 5.56 Å². The van der Waals surface area contributed by atoms with Crippen LogP contribution in [-0.4, -0.2) is 22.6 Å². The molecule has 3 N–H and O–H groups in total. The monoisotopic (exact) mass is 258 g/mol. The van der Waals surface area contributed by atoms with E-state index >= 15 is 0 Å². The van der Waals surface area contributed by atoms with E-state index in [-0.39, 0.29) is 17.0 Å². The van der Waals surface area contributed by atoms with Crippen LogP contribution in [0.2, 0.25) is 0 Å². The van der Waals surface area contributed by atoms with Crippen LogP contribution >= 0.6 is 0 Å². The zero-order chi connectivity index (χ0) is 13.8. The highest BCUT2D eigenvalue weighted by Crippen LogP contribution is 2.11. The Bertz CT molecular complexity index is 627. The number of aromatic carboxylic acids is 1. The van der Waals surface area contributed by atoms with E-state index < -0.39 is 11.8 Å². The van der Waals surface area contributed by atoms with E-state index in [1.807, 2.05) is 0 Å². The zero-order valence-electron chi connectivity index (χ0n) is 9.74. The van der Waals surface area contributed by atoms with Gasteiger partial charge in [-0.25, -0.2) is 4.79 Å². The van der Waals surface area contributed by atoms with Crippen molar-refractivity contribution < 1.29 is 19.1 Å². The van der Waals surface area contributed by atoms with E-state index in [0.717, 1.165) is 0 Å². The van der Waals surface area contributed by atoms with Gasteiger partial charge < -0.3 is 15.4 Å². The zero-order valence-corrected chi connectivity index (χ0v) is 9.74. The van der Waals surface area contributed by atoms with Gasteiger partial charge in [-0.15, -0.1) is 0 Å². The lowest BCUT2D eigenvalue weighted by molar-refractivity contribution is 0.0696. The van der Waals surface area contributed by atoms with Crippen LogP contribution in [0, 0.1) is 0 Å². The number of carbonyl (C=O) groups is 2. The van der Waals surface area contributed by atoms with Crippen molar-refractivity contribution >= 4 is 17.5 Å². The molecule has 0 amide bonds. The summed E-state index contributed by atoms with van der Waals surface area (Å²) in [6.07, 6.45) is 1.37. The van der Waals surface area contributed by atoms with Crippen molar-refractivity contribution in [2.24, 2.45) is 10.9 Å². The number of nitrogens with zero attached hydrogens (tertiary/aromatic N) is 1. The summed E-state index contributed by atoms with van der Waals surface area (Å²) >= 11 is 0. The molecule has 0 unspecified atom stereocenters. The average Bonchev–Trinajstić information content (AvgIpc) is 2.94. The second-order valence-corrected chi connectivity index (χ2v) is 3.67. The van der Waals surface area contributed by atoms with Crippen LogP contribution in [-0.2, 0) is 0 Å². The Morgan fingerprint density at radius 3 is 2.21 bits per heavy atom. The first-order chi connectivity index (χ1) is 9.13. The van der Waals surface area contributed by atoms with E-state index in [4.69, 9.17) is 15.4 Å². The molecule has 0 aliphatic rings. The maximum atomic E-state index is 12.0. The molecule has 0 radical (unpaired) electrons. The largest absolute Gasteiger partial charge is 0.478 e. The molecule has 96 valence electrons. The first-order valence-electron chi connectivity index (χ1n) is 5.33. The Balaban J connectivity index is 2.33. The first-order valence-corrected chi connectivity index (χ1v) is 5.33. The summed E-state index contributed by atoms with van der Waals surface area (Å²) in [6, 6.07) is 8.76. The molecule has 1 aromatic heterocycles. The number of hydrogen-bond donors (Lipinski definition) is 2. The van der Waals surface area contributed by atoms with Gasteiger partial charge in [0.2, 0.25) is 5.78 Å². The normalized spacial score (nSPS) is 11.3. The van der Waals surface area contributed by atoms with Gasteiger partial charge >= 0.3 is 5.97 Å². The summed E-state index contributed by atoms with van der Waals surface area (Å²) in [5, 5.41) is 12.2. The molecule has 1 aromatic carbocycles. The molecule has 0 saturated heterocycles. The fourth-order valence-electron chi connectivity index (χ4n) is 1.56. The number of hydrogen-bond acceptors (Lipinski definition) is 5. The van der Waals surface area contributed by atoms with Crippen molar-refractivity contribution in [2.45, 2.75) is 0 Å². The molecule has 0 spiro atoms. The molecule has 2 rings (SSSR count). The van der Waals surface area contributed by atoms with Gasteiger partial charge in [0.25, 0.3) is 0 Å². The quantitative estimate of drug-likeness (QED) is 0.374. The molecular formula is C13H10N2O4. The SMILES string of the molecule is N/N=C(/C(=O)c1ccco1)c1ccc(C(=O)O)cc1. The third-order valence-electron chi connectivity index (χ3n) is 2.49. The van der Waals surface area contributed by atoms with Gasteiger partial charge in [0.05, 0.1) is 11.8 Å². The van der Waals surface area contributed by atoms with E-state index in [9.17, 15) is 9.59 Å². The third kappa shape index (κ3) is 2.52. The number of ketones is 1. The number of Topliss-reactive ketones (excluding diaryl/α,β-unsaturated/α-hetero) is 1. The topological polar surface area (TPSA) is 106 Å². The minimum atomic E-state index is -1.05. The van der Waals surface area contributed by atoms with Crippen molar-refractivity contribution in [2.75, 3.05) is 0 Å². The molecule has 0 bridgehead atoms. The molecule has 0 aliphatic heterocycles. The van der Waals surface area contributed by atoms with Crippen LogP contribution in [0.25, 0.3) is 0 Å². The number of carbonyl (C=O) groups excluding carboxylic acids is 1. The smallest absolute Gasteiger partial charge is 0.335 e. The van der Waals surface area contributed by atoms with Crippen LogP contribution in [0.1, 0.15) is 26.5 Å². The lowest BCUT2D eigenvalue weighted by Crippen LogP contribution is -2.17. The van der Waals surface area contributed by atoms with Crippen molar-refractivity contribution in [3.8, 4) is 0 Å². The molecule has 6 heteroatoms. The van der Waals surface area contributed by atoms with Crippen molar-refractivity contribution in [3.63, 3.8) is 0 Å². The van der Waals surface area contributed by atoms with Crippen molar-refractivity contribution in [1.29, 1.82) is 0 Å². The number of nitrogens with two attached hydrogens (primary N) is 1. The van der Waals surface area contributed by atoms with Crippen molar-refractivity contribution in [3.05, 3.63) is 59.5 Å². The van der Waals surface area contributed by atoms with Gasteiger partial charge in [0.15, 0.2) is 5.76 Å². The van der Waals surface area contributed by atoms with Crippen LogP contribution < -0.4 is 5.84 Å². The standard InChI is InChI=1S/C13H10N2O4/c14-15-11(12(16)10-2-1-7-19-10)8-3-5-9(6-4-8)13(17)18/h1-7H,14H2,(H,17,18)/b15-11+. The molecule has 6 nitrogen and oxygen atoms in total. The maximum absolute atomic E-state index is 12.0. The third-order valence-corrected chi connectivity index (χ3v) is 2.49. The van der Waals surface area contributed by atoms with E-state index in [1.165, 1.54) is 36.6 Å². The highest BCUT2D eigenvalue weighted by atomic mass is 16.4. The summed E-state index contributed by atoms with van der Waals surface area (Å²) in [7, 11) is 0. The predicted octanol–water partition coefficient (Wildman–Crippen LogP) is 1.52. The molecular weight excluding hydrogens is 248 g/mol. The highest BCUT2D eigenvalue weighted by molar-refractivity contribution is 6.50. The molecule has 2 aromatic rings. The van der Waals surface area contributed by atoms with E-state index in [1.54, 1.807) is 6.07 Å². The van der Waals surface area contributed by atoms with Crippen molar-refractivity contribution in [1.82, 2.24) is 0 Å². The number of hydrazone groups is 1. The Hall–Kier alpha value is -2.89. The Morgan fingerprint density at radius 1 is 1.11 bits per heavy atom. The fourth-order valence-corrected chi connectivity index (χ4v) is 1.56. The molecule has 19 heavy (non-hydrogen) atoms. The molecule has 0 saturated carbocycles. The Morgan fingerprint density at radius 2 is 1.74 bits per heavy atom. The summed E-state index contributed by atoms with van der Waals surface area (Å²) in [4.78, 5) is 22.8. The summed E-state index contributed by atoms with van der Waals surface area (Å²) in [5.41, 5.74) is 0.548. The number of carboxylic acid groups (broad SMARTS) is 1.